The largest absolute Gasteiger partial charge is 0.298 e. The van der Waals surface area contributed by atoms with Crippen molar-refractivity contribution in [1.82, 2.24) is 19.2 Å². The molecule has 0 fully saturated rings. The summed E-state index contributed by atoms with van der Waals surface area (Å²) in [5, 5.41) is 5.09. The molecule has 0 unspecified atom stereocenters. The molecule has 0 atom stereocenters. The van der Waals surface area contributed by atoms with Gasteiger partial charge in [-0.1, -0.05) is 11.6 Å². The van der Waals surface area contributed by atoms with Crippen LogP contribution in [-0.4, -0.2) is 19.2 Å². The number of nitrogens with zero attached hydrogens (tertiary/aromatic N) is 4. The van der Waals surface area contributed by atoms with E-state index >= 15 is 0 Å². The highest BCUT2D eigenvalue weighted by atomic mass is 35.5. The zero-order valence-corrected chi connectivity index (χ0v) is 11.2. The quantitative estimate of drug-likeness (QED) is 0.674. The fourth-order valence-corrected chi connectivity index (χ4v) is 2.52. The summed E-state index contributed by atoms with van der Waals surface area (Å²) in [5.74, 6) is 0. The average Bonchev–Trinajstić information content (AvgIpc) is 2.84. The standard InChI is InChI=1S/C13H13ClN4/c1-8-12(9(2)17(3)16-8)11-7-15-13-10(14)5-4-6-18(11)13/h4-7H,1-3H3. The Kier molecular flexibility index (Phi) is 2.41. The third-order valence-corrected chi connectivity index (χ3v) is 3.55. The first-order valence-corrected chi connectivity index (χ1v) is 6.09. The van der Waals surface area contributed by atoms with Crippen molar-refractivity contribution in [3.63, 3.8) is 0 Å². The van der Waals surface area contributed by atoms with Gasteiger partial charge in [0.2, 0.25) is 0 Å². The highest BCUT2D eigenvalue weighted by Gasteiger charge is 2.16. The monoisotopic (exact) mass is 260 g/mol. The van der Waals surface area contributed by atoms with Crippen LogP contribution < -0.4 is 0 Å². The molecule has 0 N–H and O–H groups in total. The smallest absolute Gasteiger partial charge is 0.156 e. The minimum atomic E-state index is 0.656. The van der Waals surface area contributed by atoms with E-state index in [1.807, 2.05) is 47.6 Å². The molecule has 5 heteroatoms. The van der Waals surface area contributed by atoms with Gasteiger partial charge in [-0.3, -0.25) is 9.08 Å². The molecule has 0 aromatic carbocycles. The first kappa shape index (κ1) is 11.3. The minimum Gasteiger partial charge on any atom is -0.298 e. The Morgan fingerprint density at radius 1 is 1.28 bits per heavy atom. The van der Waals surface area contributed by atoms with Crippen LogP contribution in [0.15, 0.2) is 24.5 Å². The van der Waals surface area contributed by atoms with Crippen LogP contribution in [0.2, 0.25) is 5.02 Å². The molecule has 0 saturated heterocycles. The van der Waals surface area contributed by atoms with Crippen LogP contribution in [-0.2, 0) is 7.05 Å². The fraction of sp³-hybridized carbons (Fsp3) is 0.231. The van der Waals surface area contributed by atoms with Gasteiger partial charge < -0.3 is 0 Å². The van der Waals surface area contributed by atoms with E-state index in [9.17, 15) is 0 Å². The number of hydrogen-bond donors (Lipinski definition) is 0. The summed E-state index contributed by atoms with van der Waals surface area (Å²) in [6, 6.07) is 3.76. The summed E-state index contributed by atoms with van der Waals surface area (Å²) in [6.07, 6.45) is 3.81. The summed E-state index contributed by atoms with van der Waals surface area (Å²) in [5.41, 5.74) is 5.03. The molecule has 0 aliphatic rings. The number of hydrogen-bond acceptors (Lipinski definition) is 2. The summed E-state index contributed by atoms with van der Waals surface area (Å²) in [6.45, 7) is 4.06. The van der Waals surface area contributed by atoms with E-state index < -0.39 is 0 Å². The molecule has 18 heavy (non-hydrogen) atoms. The normalized spacial score (nSPS) is 11.3. The van der Waals surface area contributed by atoms with Crippen LogP contribution in [0, 0.1) is 13.8 Å². The summed E-state index contributed by atoms with van der Waals surface area (Å²) < 4.78 is 3.88. The maximum atomic E-state index is 6.14. The van der Waals surface area contributed by atoms with Crippen molar-refractivity contribution in [3.8, 4) is 11.3 Å². The fourth-order valence-electron chi connectivity index (χ4n) is 2.31. The zero-order chi connectivity index (χ0) is 12.9. The molecule has 3 aromatic heterocycles. The Hall–Kier alpha value is -1.81. The van der Waals surface area contributed by atoms with Gasteiger partial charge in [0, 0.05) is 24.5 Å². The molecule has 0 spiro atoms. The molecule has 0 radical (unpaired) electrons. The number of rotatable bonds is 1. The summed E-state index contributed by atoms with van der Waals surface area (Å²) in [7, 11) is 1.95. The molecule has 3 aromatic rings. The van der Waals surface area contributed by atoms with Gasteiger partial charge in [0.1, 0.15) is 0 Å². The van der Waals surface area contributed by atoms with Gasteiger partial charge in [0.05, 0.1) is 22.6 Å². The Labute approximate surface area is 110 Å². The molecule has 3 rings (SSSR count). The lowest BCUT2D eigenvalue weighted by molar-refractivity contribution is 0.731. The SMILES string of the molecule is Cc1nn(C)c(C)c1-c1cnc2c(Cl)cccn12. The molecule has 0 aliphatic heterocycles. The molecule has 92 valence electrons. The van der Waals surface area contributed by atoms with E-state index in [0.29, 0.717) is 5.02 Å². The summed E-state index contributed by atoms with van der Waals surface area (Å²) >= 11 is 6.14. The highest BCUT2D eigenvalue weighted by Crippen LogP contribution is 2.28. The lowest BCUT2D eigenvalue weighted by Crippen LogP contribution is -1.93. The van der Waals surface area contributed by atoms with E-state index in [4.69, 9.17) is 11.6 Å². The van der Waals surface area contributed by atoms with Crippen LogP contribution in [0.3, 0.4) is 0 Å². The number of fused-ring (bicyclic) bond motifs is 1. The number of aryl methyl sites for hydroxylation is 2. The van der Waals surface area contributed by atoms with Crippen molar-refractivity contribution < 1.29 is 0 Å². The second kappa shape index (κ2) is 3.85. The predicted molar refractivity (Wildman–Crippen MR) is 71.9 cm³/mol. The third-order valence-electron chi connectivity index (χ3n) is 3.25. The van der Waals surface area contributed by atoms with Crippen LogP contribution in [0.5, 0.6) is 0 Å². The van der Waals surface area contributed by atoms with E-state index in [-0.39, 0.29) is 0 Å². The van der Waals surface area contributed by atoms with Crippen LogP contribution in [0.25, 0.3) is 16.9 Å². The average molecular weight is 261 g/mol. The first-order valence-electron chi connectivity index (χ1n) is 5.71. The van der Waals surface area contributed by atoms with Crippen molar-refractivity contribution in [3.05, 3.63) is 40.9 Å². The number of pyridine rings is 1. The van der Waals surface area contributed by atoms with Crippen LogP contribution >= 0.6 is 11.6 Å². The molecule has 0 saturated carbocycles. The van der Waals surface area contributed by atoms with Crippen molar-refractivity contribution in [1.29, 1.82) is 0 Å². The topological polar surface area (TPSA) is 35.1 Å². The Balaban J connectivity index is 2.36. The number of imidazole rings is 1. The second-order valence-electron chi connectivity index (χ2n) is 4.36. The Bertz CT molecular complexity index is 739. The first-order chi connectivity index (χ1) is 8.59. The molecular weight excluding hydrogens is 248 g/mol. The van der Waals surface area contributed by atoms with Crippen molar-refractivity contribution in [2.24, 2.45) is 7.05 Å². The van der Waals surface area contributed by atoms with E-state index in [0.717, 1.165) is 28.3 Å². The minimum absolute atomic E-state index is 0.656. The lowest BCUT2D eigenvalue weighted by Gasteiger charge is -2.03. The highest BCUT2D eigenvalue weighted by molar-refractivity contribution is 6.33. The molecule has 0 bridgehead atoms. The van der Waals surface area contributed by atoms with Gasteiger partial charge in [0.15, 0.2) is 5.65 Å². The zero-order valence-electron chi connectivity index (χ0n) is 10.5. The lowest BCUT2D eigenvalue weighted by atomic mass is 10.1. The predicted octanol–water partition coefficient (Wildman–Crippen LogP) is 3.01. The molecular formula is C13H13ClN4. The Morgan fingerprint density at radius 2 is 2.06 bits per heavy atom. The van der Waals surface area contributed by atoms with Crippen molar-refractivity contribution in [2.45, 2.75) is 13.8 Å². The maximum absolute atomic E-state index is 6.14. The van der Waals surface area contributed by atoms with Gasteiger partial charge in [0.25, 0.3) is 0 Å². The van der Waals surface area contributed by atoms with Gasteiger partial charge in [-0.2, -0.15) is 5.10 Å². The third kappa shape index (κ3) is 1.46. The van der Waals surface area contributed by atoms with Gasteiger partial charge in [-0.15, -0.1) is 0 Å². The Morgan fingerprint density at radius 3 is 2.72 bits per heavy atom. The van der Waals surface area contributed by atoms with E-state index in [2.05, 4.69) is 17.0 Å². The van der Waals surface area contributed by atoms with Gasteiger partial charge in [-0.25, -0.2) is 4.98 Å². The number of aromatic nitrogens is 4. The van der Waals surface area contributed by atoms with Gasteiger partial charge >= 0.3 is 0 Å². The second-order valence-corrected chi connectivity index (χ2v) is 4.77. The molecule has 3 heterocycles. The molecule has 0 amide bonds. The number of halogens is 1. The van der Waals surface area contributed by atoms with Crippen LogP contribution in [0.4, 0.5) is 0 Å². The van der Waals surface area contributed by atoms with Crippen molar-refractivity contribution >= 4 is 17.2 Å². The molecule has 0 aliphatic carbocycles. The van der Waals surface area contributed by atoms with Gasteiger partial charge in [-0.05, 0) is 26.0 Å². The van der Waals surface area contributed by atoms with E-state index in [1.165, 1.54) is 0 Å². The van der Waals surface area contributed by atoms with E-state index in [1.54, 1.807) is 0 Å². The molecule has 4 nitrogen and oxygen atoms in total. The van der Waals surface area contributed by atoms with Crippen molar-refractivity contribution in [2.75, 3.05) is 0 Å². The maximum Gasteiger partial charge on any atom is 0.156 e. The summed E-state index contributed by atoms with van der Waals surface area (Å²) in [4.78, 5) is 4.38. The van der Waals surface area contributed by atoms with Crippen LogP contribution in [0.1, 0.15) is 11.4 Å².